The maximum absolute atomic E-state index is 10.3. The van der Waals surface area contributed by atoms with E-state index in [1.54, 1.807) is 0 Å². The zero-order valence-corrected chi connectivity index (χ0v) is 11.9. The van der Waals surface area contributed by atoms with Gasteiger partial charge in [-0.25, -0.2) is 0 Å². The van der Waals surface area contributed by atoms with Gasteiger partial charge in [0.15, 0.2) is 0 Å². The highest BCUT2D eigenvalue weighted by atomic mass is 35.5. The van der Waals surface area contributed by atoms with Crippen LogP contribution >= 0.6 is 11.6 Å². The summed E-state index contributed by atoms with van der Waals surface area (Å²) in [4.78, 5) is 0. The Bertz CT molecular complexity index is 436. The van der Waals surface area contributed by atoms with Crippen molar-refractivity contribution in [2.75, 3.05) is 6.54 Å². The minimum Gasteiger partial charge on any atom is -0.506 e. The van der Waals surface area contributed by atoms with E-state index in [-0.39, 0.29) is 11.2 Å². The molecule has 0 aliphatic heterocycles. The van der Waals surface area contributed by atoms with Gasteiger partial charge in [0.2, 0.25) is 0 Å². The van der Waals surface area contributed by atoms with Gasteiger partial charge in [-0.15, -0.1) is 0 Å². The fraction of sp³-hybridized carbons (Fsp3) is 0.600. The third kappa shape index (κ3) is 2.24. The van der Waals surface area contributed by atoms with Crippen LogP contribution in [0.25, 0.3) is 0 Å². The number of aromatic hydroxyl groups is 1. The molecule has 1 aliphatic carbocycles. The van der Waals surface area contributed by atoms with Crippen LogP contribution in [-0.2, 0) is 5.41 Å². The molecule has 1 fully saturated rings. The molecule has 1 saturated carbocycles. The van der Waals surface area contributed by atoms with E-state index in [1.165, 1.54) is 18.4 Å². The number of hydrogen-bond donors (Lipinski definition) is 2. The van der Waals surface area contributed by atoms with E-state index in [0.717, 1.165) is 18.4 Å². The van der Waals surface area contributed by atoms with Gasteiger partial charge in [-0.1, -0.05) is 44.4 Å². The molecule has 0 unspecified atom stereocenters. The minimum atomic E-state index is -0.0708. The summed E-state index contributed by atoms with van der Waals surface area (Å²) >= 11 is 6.17. The van der Waals surface area contributed by atoms with Gasteiger partial charge in [-0.05, 0) is 30.4 Å². The van der Waals surface area contributed by atoms with E-state index < -0.39 is 0 Å². The molecule has 0 saturated heterocycles. The summed E-state index contributed by atoms with van der Waals surface area (Å²) in [6.45, 7) is 4.85. The van der Waals surface area contributed by atoms with E-state index in [4.69, 9.17) is 17.3 Å². The Labute approximate surface area is 114 Å². The number of benzene rings is 1. The highest BCUT2D eigenvalue weighted by Crippen LogP contribution is 2.46. The summed E-state index contributed by atoms with van der Waals surface area (Å²) < 4.78 is 0. The monoisotopic (exact) mass is 267 g/mol. The lowest BCUT2D eigenvalue weighted by Crippen LogP contribution is -2.32. The SMILES string of the molecule is CC(C)c1cc(Cl)c(O)c(C2(CN)CCCC2)c1. The number of nitrogens with two attached hydrogens (primary N) is 1. The first kappa shape index (κ1) is 13.7. The lowest BCUT2D eigenvalue weighted by atomic mass is 9.77. The molecule has 3 N–H and O–H groups in total. The average molecular weight is 268 g/mol. The van der Waals surface area contributed by atoms with E-state index >= 15 is 0 Å². The van der Waals surface area contributed by atoms with Crippen LogP contribution in [0.1, 0.15) is 56.6 Å². The first-order valence-corrected chi connectivity index (χ1v) is 7.11. The van der Waals surface area contributed by atoms with E-state index in [2.05, 4.69) is 19.9 Å². The summed E-state index contributed by atoms with van der Waals surface area (Å²) in [6.07, 6.45) is 4.46. The molecule has 100 valence electrons. The van der Waals surface area contributed by atoms with Gasteiger partial charge < -0.3 is 10.8 Å². The van der Waals surface area contributed by atoms with E-state index in [9.17, 15) is 5.11 Å². The first-order chi connectivity index (χ1) is 8.50. The Morgan fingerprint density at radius 3 is 2.44 bits per heavy atom. The Morgan fingerprint density at radius 1 is 1.33 bits per heavy atom. The highest BCUT2D eigenvalue weighted by Gasteiger charge is 2.37. The largest absolute Gasteiger partial charge is 0.506 e. The van der Waals surface area contributed by atoms with Crippen molar-refractivity contribution in [2.24, 2.45) is 5.73 Å². The van der Waals surface area contributed by atoms with Gasteiger partial charge in [0, 0.05) is 17.5 Å². The molecule has 0 aromatic heterocycles. The van der Waals surface area contributed by atoms with Gasteiger partial charge in [0.05, 0.1) is 5.02 Å². The molecule has 0 atom stereocenters. The molecule has 0 amide bonds. The van der Waals surface area contributed by atoms with Crippen LogP contribution in [-0.4, -0.2) is 11.7 Å². The van der Waals surface area contributed by atoms with Crippen molar-refractivity contribution in [3.63, 3.8) is 0 Å². The third-order valence-corrected chi connectivity index (χ3v) is 4.56. The maximum atomic E-state index is 10.3. The standard InChI is InChI=1S/C15H22ClNO/c1-10(2)11-7-12(14(18)13(16)8-11)15(9-17)5-3-4-6-15/h7-8,10,18H,3-6,9,17H2,1-2H3. The minimum absolute atomic E-state index is 0.0708. The second-order valence-corrected chi connectivity index (χ2v) is 6.15. The lowest BCUT2D eigenvalue weighted by Gasteiger charge is -2.30. The fourth-order valence-electron chi connectivity index (χ4n) is 2.99. The summed E-state index contributed by atoms with van der Waals surface area (Å²) in [5.41, 5.74) is 8.05. The van der Waals surface area contributed by atoms with Crippen molar-refractivity contribution in [3.8, 4) is 5.75 Å². The molecule has 18 heavy (non-hydrogen) atoms. The van der Waals surface area contributed by atoms with Crippen LogP contribution in [0.4, 0.5) is 0 Å². The second kappa shape index (κ2) is 5.10. The average Bonchev–Trinajstić information content (AvgIpc) is 2.82. The van der Waals surface area contributed by atoms with Gasteiger partial charge in [0.1, 0.15) is 5.75 Å². The van der Waals surface area contributed by atoms with E-state index in [1.807, 2.05) is 6.07 Å². The number of phenols is 1. The van der Waals surface area contributed by atoms with Gasteiger partial charge >= 0.3 is 0 Å². The fourth-order valence-corrected chi connectivity index (χ4v) is 3.22. The topological polar surface area (TPSA) is 46.2 Å². The first-order valence-electron chi connectivity index (χ1n) is 6.73. The van der Waals surface area contributed by atoms with Crippen LogP contribution in [0.2, 0.25) is 5.02 Å². The molecule has 2 rings (SSSR count). The van der Waals surface area contributed by atoms with Crippen molar-refractivity contribution in [3.05, 3.63) is 28.3 Å². The normalized spacial score (nSPS) is 18.5. The van der Waals surface area contributed by atoms with Crippen LogP contribution in [0.3, 0.4) is 0 Å². The molecular weight excluding hydrogens is 246 g/mol. The zero-order chi connectivity index (χ0) is 13.3. The quantitative estimate of drug-likeness (QED) is 0.871. The molecule has 0 radical (unpaired) electrons. The zero-order valence-electron chi connectivity index (χ0n) is 11.2. The number of hydrogen-bond acceptors (Lipinski definition) is 2. The summed E-state index contributed by atoms with van der Waals surface area (Å²) in [7, 11) is 0. The molecule has 0 bridgehead atoms. The Hall–Kier alpha value is -0.730. The van der Waals surface area contributed by atoms with Crippen LogP contribution < -0.4 is 5.73 Å². The van der Waals surface area contributed by atoms with Gasteiger partial charge in [-0.3, -0.25) is 0 Å². The van der Waals surface area contributed by atoms with Crippen molar-refractivity contribution >= 4 is 11.6 Å². The molecule has 0 spiro atoms. The second-order valence-electron chi connectivity index (χ2n) is 5.75. The molecule has 1 aliphatic rings. The van der Waals surface area contributed by atoms with Crippen LogP contribution in [0.15, 0.2) is 12.1 Å². The van der Waals surface area contributed by atoms with Crippen molar-refractivity contribution in [1.29, 1.82) is 0 Å². The lowest BCUT2D eigenvalue weighted by molar-refractivity contribution is 0.405. The number of rotatable bonds is 3. The summed E-state index contributed by atoms with van der Waals surface area (Å²) in [6, 6.07) is 3.97. The molecule has 3 heteroatoms. The Morgan fingerprint density at radius 2 is 1.94 bits per heavy atom. The van der Waals surface area contributed by atoms with Crippen LogP contribution in [0, 0.1) is 0 Å². The predicted molar refractivity (Wildman–Crippen MR) is 76.4 cm³/mol. The smallest absolute Gasteiger partial charge is 0.137 e. The van der Waals surface area contributed by atoms with Crippen molar-refractivity contribution < 1.29 is 5.11 Å². The Kier molecular flexibility index (Phi) is 3.88. The highest BCUT2D eigenvalue weighted by molar-refractivity contribution is 6.32. The van der Waals surface area contributed by atoms with Crippen LogP contribution in [0.5, 0.6) is 5.75 Å². The Balaban J connectivity index is 2.54. The van der Waals surface area contributed by atoms with Gasteiger partial charge in [-0.2, -0.15) is 0 Å². The summed E-state index contributed by atoms with van der Waals surface area (Å²) in [5.74, 6) is 0.631. The molecule has 1 aromatic rings. The predicted octanol–water partition coefficient (Wildman–Crippen LogP) is 3.94. The number of halogens is 1. The van der Waals surface area contributed by atoms with Gasteiger partial charge in [0.25, 0.3) is 0 Å². The van der Waals surface area contributed by atoms with Crippen molar-refractivity contribution in [2.45, 2.75) is 50.9 Å². The number of phenolic OH excluding ortho intramolecular Hbond substituents is 1. The molecule has 0 heterocycles. The molecular formula is C15H22ClNO. The van der Waals surface area contributed by atoms with E-state index in [0.29, 0.717) is 17.5 Å². The third-order valence-electron chi connectivity index (χ3n) is 4.28. The molecule has 1 aromatic carbocycles. The van der Waals surface area contributed by atoms with Crippen molar-refractivity contribution in [1.82, 2.24) is 0 Å². The maximum Gasteiger partial charge on any atom is 0.137 e. The summed E-state index contributed by atoms with van der Waals surface area (Å²) in [5, 5.41) is 10.7. The molecule has 2 nitrogen and oxygen atoms in total.